The monoisotopic (exact) mass is 328 g/mol. The summed E-state index contributed by atoms with van der Waals surface area (Å²) < 4.78 is 0. The molecular formula is C19H36O4. The quantitative estimate of drug-likeness (QED) is 0.402. The molecule has 0 saturated heterocycles. The molecule has 136 valence electrons. The number of unbranched alkanes of at least 4 members (excludes halogenated alkanes) is 5. The standard InChI is InChI=1S/C19H36O4/c1-3-4-7-13-18(21)14-10-12-17(16(2)20)11-8-5-6-9-15-19(22)23/h17-18,21H,3-15H2,1-2H3,(H,22,23)/t17-,18+/m1/s1. The molecule has 0 aromatic carbocycles. The van der Waals surface area contributed by atoms with E-state index in [1.807, 2.05) is 0 Å². The van der Waals surface area contributed by atoms with E-state index in [0.717, 1.165) is 64.2 Å². The predicted molar refractivity (Wildman–Crippen MR) is 93.5 cm³/mol. The van der Waals surface area contributed by atoms with Gasteiger partial charge in [-0.25, -0.2) is 0 Å². The molecule has 0 aromatic rings. The molecule has 0 heterocycles. The number of carboxylic acids is 1. The molecule has 0 saturated carbocycles. The van der Waals surface area contributed by atoms with Crippen LogP contribution in [0.2, 0.25) is 0 Å². The van der Waals surface area contributed by atoms with Crippen molar-refractivity contribution < 1.29 is 19.8 Å². The summed E-state index contributed by atoms with van der Waals surface area (Å²) in [6, 6.07) is 0. The second-order valence-electron chi connectivity index (χ2n) is 6.73. The van der Waals surface area contributed by atoms with Crippen LogP contribution in [0.1, 0.15) is 97.3 Å². The SMILES string of the molecule is CCCCC[C@H](O)CCC[C@@H](CCCCCCC(=O)O)C(C)=O. The fraction of sp³-hybridized carbons (Fsp3) is 0.895. The Morgan fingerprint density at radius 1 is 0.826 bits per heavy atom. The average molecular weight is 328 g/mol. The molecule has 0 aliphatic carbocycles. The zero-order valence-electron chi connectivity index (χ0n) is 15.1. The molecule has 0 rings (SSSR count). The summed E-state index contributed by atoms with van der Waals surface area (Å²) in [6.45, 7) is 3.82. The number of hydrogen-bond acceptors (Lipinski definition) is 3. The molecule has 4 heteroatoms. The van der Waals surface area contributed by atoms with Crippen LogP contribution in [0.25, 0.3) is 0 Å². The van der Waals surface area contributed by atoms with E-state index in [1.165, 1.54) is 12.8 Å². The number of Topliss-reactive ketones (excluding diaryl/α,β-unsaturated/α-hetero) is 1. The number of carboxylic acid groups (broad SMARTS) is 1. The van der Waals surface area contributed by atoms with Crippen molar-refractivity contribution in [1.82, 2.24) is 0 Å². The third-order valence-corrected chi connectivity index (χ3v) is 4.50. The highest BCUT2D eigenvalue weighted by Crippen LogP contribution is 2.20. The van der Waals surface area contributed by atoms with Gasteiger partial charge in [-0.1, -0.05) is 51.9 Å². The normalized spacial score (nSPS) is 13.7. The number of ketones is 1. The van der Waals surface area contributed by atoms with E-state index in [0.29, 0.717) is 0 Å². The van der Waals surface area contributed by atoms with Gasteiger partial charge in [0.15, 0.2) is 0 Å². The van der Waals surface area contributed by atoms with Gasteiger partial charge in [-0.2, -0.15) is 0 Å². The second-order valence-corrected chi connectivity index (χ2v) is 6.73. The number of carbonyl (C=O) groups excluding carboxylic acids is 1. The first-order valence-electron chi connectivity index (χ1n) is 9.37. The van der Waals surface area contributed by atoms with Crippen LogP contribution in [0, 0.1) is 5.92 Å². The van der Waals surface area contributed by atoms with Gasteiger partial charge < -0.3 is 10.2 Å². The summed E-state index contributed by atoms with van der Waals surface area (Å²) in [6.07, 6.45) is 11.5. The zero-order chi connectivity index (χ0) is 17.5. The highest BCUT2D eigenvalue weighted by Gasteiger charge is 2.14. The van der Waals surface area contributed by atoms with E-state index in [4.69, 9.17) is 5.11 Å². The van der Waals surface area contributed by atoms with Gasteiger partial charge in [0.1, 0.15) is 5.78 Å². The molecular weight excluding hydrogens is 292 g/mol. The molecule has 4 nitrogen and oxygen atoms in total. The lowest BCUT2D eigenvalue weighted by Gasteiger charge is -2.15. The highest BCUT2D eigenvalue weighted by molar-refractivity contribution is 5.78. The number of aliphatic hydroxyl groups excluding tert-OH is 1. The molecule has 0 aromatic heterocycles. The number of aliphatic hydroxyl groups is 1. The highest BCUT2D eigenvalue weighted by atomic mass is 16.4. The third-order valence-electron chi connectivity index (χ3n) is 4.50. The maximum atomic E-state index is 11.7. The first kappa shape index (κ1) is 22.1. The van der Waals surface area contributed by atoms with Gasteiger partial charge in [0.25, 0.3) is 0 Å². The molecule has 0 bridgehead atoms. The van der Waals surface area contributed by atoms with Crippen molar-refractivity contribution in [1.29, 1.82) is 0 Å². The van der Waals surface area contributed by atoms with E-state index >= 15 is 0 Å². The lowest BCUT2D eigenvalue weighted by atomic mass is 9.91. The molecule has 2 N–H and O–H groups in total. The molecule has 0 aliphatic rings. The van der Waals surface area contributed by atoms with E-state index in [1.54, 1.807) is 6.92 Å². The Bertz CT molecular complexity index is 314. The van der Waals surface area contributed by atoms with Crippen molar-refractivity contribution in [3.8, 4) is 0 Å². The topological polar surface area (TPSA) is 74.6 Å². The van der Waals surface area contributed by atoms with Crippen molar-refractivity contribution >= 4 is 11.8 Å². The Labute approximate surface area is 141 Å². The summed E-state index contributed by atoms with van der Waals surface area (Å²) in [5.74, 6) is -0.377. The smallest absolute Gasteiger partial charge is 0.303 e. The van der Waals surface area contributed by atoms with Crippen LogP contribution in [0.5, 0.6) is 0 Å². The first-order chi connectivity index (χ1) is 11.0. The van der Waals surface area contributed by atoms with Gasteiger partial charge in [-0.05, 0) is 39.0 Å². The summed E-state index contributed by atoms with van der Waals surface area (Å²) in [5.41, 5.74) is 0. The number of rotatable bonds is 16. The largest absolute Gasteiger partial charge is 0.481 e. The van der Waals surface area contributed by atoms with E-state index in [2.05, 4.69) is 6.92 Å². The zero-order valence-corrected chi connectivity index (χ0v) is 15.1. The van der Waals surface area contributed by atoms with Crippen molar-refractivity contribution in [3.05, 3.63) is 0 Å². The van der Waals surface area contributed by atoms with E-state index < -0.39 is 5.97 Å². The minimum Gasteiger partial charge on any atom is -0.481 e. The lowest BCUT2D eigenvalue weighted by Crippen LogP contribution is -2.13. The Kier molecular flexibility index (Phi) is 14.1. The number of carbonyl (C=O) groups is 2. The molecule has 0 aliphatic heterocycles. The Hall–Kier alpha value is -0.900. The number of aliphatic carboxylic acids is 1. The minimum atomic E-state index is -0.732. The molecule has 0 radical (unpaired) electrons. The predicted octanol–water partition coefficient (Wildman–Crippen LogP) is 4.73. The van der Waals surface area contributed by atoms with Crippen LogP contribution >= 0.6 is 0 Å². The molecule has 23 heavy (non-hydrogen) atoms. The Morgan fingerprint density at radius 2 is 1.39 bits per heavy atom. The van der Waals surface area contributed by atoms with Gasteiger partial charge in [-0.3, -0.25) is 9.59 Å². The van der Waals surface area contributed by atoms with E-state index in [9.17, 15) is 14.7 Å². The molecule has 0 spiro atoms. The Balaban J connectivity index is 3.73. The first-order valence-corrected chi connectivity index (χ1v) is 9.37. The van der Waals surface area contributed by atoms with Crippen molar-refractivity contribution in [2.45, 2.75) is 103 Å². The number of hydrogen-bond donors (Lipinski definition) is 2. The summed E-state index contributed by atoms with van der Waals surface area (Å²) in [4.78, 5) is 22.1. The van der Waals surface area contributed by atoms with Gasteiger partial charge >= 0.3 is 5.97 Å². The van der Waals surface area contributed by atoms with Gasteiger partial charge in [0.05, 0.1) is 6.10 Å². The maximum Gasteiger partial charge on any atom is 0.303 e. The maximum absolute atomic E-state index is 11.7. The van der Waals surface area contributed by atoms with E-state index in [-0.39, 0.29) is 24.2 Å². The lowest BCUT2D eigenvalue weighted by molar-refractivity contribution is -0.137. The van der Waals surface area contributed by atoms with Gasteiger partial charge in [-0.15, -0.1) is 0 Å². The fourth-order valence-corrected chi connectivity index (χ4v) is 2.95. The average Bonchev–Trinajstić information content (AvgIpc) is 2.48. The molecule has 2 atom stereocenters. The summed E-state index contributed by atoms with van der Waals surface area (Å²) in [5, 5.41) is 18.5. The van der Waals surface area contributed by atoms with Crippen molar-refractivity contribution in [2.24, 2.45) is 5.92 Å². The minimum absolute atomic E-state index is 0.109. The van der Waals surface area contributed by atoms with Crippen LogP contribution in [-0.4, -0.2) is 28.1 Å². The third kappa shape index (κ3) is 14.4. The molecule has 0 amide bonds. The van der Waals surface area contributed by atoms with Crippen LogP contribution in [0.15, 0.2) is 0 Å². The molecule has 0 fully saturated rings. The van der Waals surface area contributed by atoms with Crippen LogP contribution in [0.3, 0.4) is 0 Å². The molecule has 0 unspecified atom stereocenters. The van der Waals surface area contributed by atoms with Crippen LogP contribution in [-0.2, 0) is 9.59 Å². The summed E-state index contributed by atoms with van der Waals surface area (Å²) in [7, 11) is 0. The van der Waals surface area contributed by atoms with Crippen molar-refractivity contribution in [3.63, 3.8) is 0 Å². The van der Waals surface area contributed by atoms with Crippen LogP contribution in [0.4, 0.5) is 0 Å². The fourth-order valence-electron chi connectivity index (χ4n) is 2.95. The second kappa shape index (κ2) is 14.7. The Morgan fingerprint density at radius 3 is 2.00 bits per heavy atom. The van der Waals surface area contributed by atoms with Crippen molar-refractivity contribution in [2.75, 3.05) is 0 Å². The summed E-state index contributed by atoms with van der Waals surface area (Å²) >= 11 is 0. The van der Waals surface area contributed by atoms with Gasteiger partial charge in [0, 0.05) is 12.3 Å². The van der Waals surface area contributed by atoms with Gasteiger partial charge in [0.2, 0.25) is 0 Å². The van der Waals surface area contributed by atoms with Crippen LogP contribution < -0.4 is 0 Å².